The largest absolute Gasteiger partial charge is 0.443 e. The minimum Gasteiger partial charge on any atom is -0.443 e. The van der Waals surface area contributed by atoms with E-state index in [0.29, 0.717) is 5.65 Å². The SMILES string of the molecule is C.C.C.C.C.C.C.C.[B].[B].[B].[B].[B].[B].c1ccc2[nH]ccc2c1.c1ccc2[nH]cnc2c1.c1ccc2[nH]ncc2c1.c1ccc2ocnc2c1.c1cnc2nc[nH]c2c1.c1ncc2[nH]cnc2n1. The Hall–Kier alpha value is -7.61. The van der Waals surface area contributed by atoms with E-state index in [1.807, 2.05) is 109 Å². The van der Waals surface area contributed by atoms with Gasteiger partial charge >= 0.3 is 0 Å². The second-order valence-corrected chi connectivity index (χ2v) is 11.2. The van der Waals surface area contributed by atoms with Gasteiger partial charge in [0.25, 0.3) is 0 Å². The first-order valence-corrected chi connectivity index (χ1v) is 16.7. The molecule has 12 aromatic rings. The van der Waals surface area contributed by atoms with Crippen LogP contribution in [0.5, 0.6) is 0 Å². The summed E-state index contributed by atoms with van der Waals surface area (Å²) in [4.78, 5) is 39.5. The van der Waals surface area contributed by atoms with Gasteiger partial charge in [-0.05, 0) is 60.0 Å². The zero-order valence-corrected chi connectivity index (χ0v) is 32.1. The highest BCUT2D eigenvalue weighted by Gasteiger charge is 1.93. The number of oxazole rings is 1. The molecule has 0 aliphatic carbocycles. The molecule has 0 spiro atoms. The number of imidazole rings is 3. The first-order valence-electron chi connectivity index (χ1n) is 16.7. The molecule has 0 saturated heterocycles. The molecule has 0 unspecified atom stereocenters. The molecule has 12 rings (SSSR count). The smallest absolute Gasteiger partial charge is 0.181 e. The highest BCUT2D eigenvalue weighted by molar-refractivity contribution is 5.79. The van der Waals surface area contributed by atoms with Crippen LogP contribution in [0.2, 0.25) is 0 Å². The van der Waals surface area contributed by atoms with Crippen LogP contribution in [0, 0.1) is 0 Å². The molecule has 346 valence electrons. The van der Waals surface area contributed by atoms with Crippen LogP contribution in [-0.4, -0.2) is 115 Å². The highest BCUT2D eigenvalue weighted by Crippen LogP contribution is 2.11. The number of rotatable bonds is 0. The van der Waals surface area contributed by atoms with Crippen molar-refractivity contribution in [2.75, 3.05) is 0 Å². The molecular formula is C48H65B6N13O. The van der Waals surface area contributed by atoms with E-state index in [1.165, 1.54) is 23.6 Å². The van der Waals surface area contributed by atoms with Crippen LogP contribution in [-0.2, 0) is 0 Å². The summed E-state index contributed by atoms with van der Waals surface area (Å²) in [6.45, 7) is 0. The topological polar surface area (TPSA) is 195 Å². The number of hydrogen-bond donors (Lipinski definition) is 5. The summed E-state index contributed by atoms with van der Waals surface area (Å²) >= 11 is 0. The van der Waals surface area contributed by atoms with E-state index < -0.39 is 0 Å². The summed E-state index contributed by atoms with van der Waals surface area (Å²) in [7, 11) is 0. The lowest BCUT2D eigenvalue weighted by Crippen LogP contribution is -1.76. The molecule has 0 bridgehead atoms. The second kappa shape index (κ2) is 40.9. The summed E-state index contributed by atoms with van der Waals surface area (Å²) < 4.78 is 5.01. The van der Waals surface area contributed by atoms with Crippen LogP contribution < -0.4 is 0 Å². The Kier molecular flexibility index (Phi) is 46.6. The first-order chi connectivity index (χ1) is 26.8. The fourth-order valence-corrected chi connectivity index (χ4v) is 5.03. The summed E-state index contributed by atoms with van der Waals surface area (Å²) in [5.74, 6) is 0. The third kappa shape index (κ3) is 21.6. The zero-order chi connectivity index (χ0) is 36.6. The maximum Gasteiger partial charge on any atom is 0.181 e. The monoisotopic (exact) mass is 906 g/mol. The highest BCUT2D eigenvalue weighted by atomic mass is 16.3. The van der Waals surface area contributed by atoms with Crippen LogP contribution in [0.25, 0.3) is 66.3 Å². The molecule has 68 heavy (non-hydrogen) atoms. The van der Waals surface area contributed by atoms with Gasteiger partial charge in [0.15, 0.2) is 23.3 Å². The van der Waals surface area contributed by atoms with Crippen molar-refractivity contribution in [1.82, 2.24) is 65.0 Å². The molecule has 20 heteroatoms. The maximum absolute atomic E-state index is 5.01. The molecule has 0 aliphatic heterocycles. The number of pyridine rings is 1. The number of benzene rings is 4. The number of nitrogens with one attached hydrogen (secondary N) is 5. The summed E-state index contributed by atoms with van der Waals surface area (Å²) in [5.41, 5.74) is 9.53. The van der Waals surface area contributed by atoms with E-state index in [4.69, 9.17) is 4.42 Å². The molecule has 0 atom stereocenters. The van der Waals surface area contributed by atoms with Gasteiger partial charge in [0.05, 0.1) is 53.4 Å². The van der Waals surface area contributed by atoms with Gasteiger partial charge in [-0.2, -0.15) is 5.10 Å². The molecule has 0 fully saturated rings. The maximum atomic E-state index is 5.01. The lowest BCUT2D eigenvalue weighted by molar-refractivity contribution is 0.602. The Balaban J connectivity index is -0.000000102. The van der Waals surface area contributed by atoms with Crippen molar-refractivity contribution in [3.63, 3.8) is 0 Å². The van der Waals surface area contributed by atoms with Crippen molar-refractivity contribution in [1.29, 1.82) is 0 Å². The number of fused-ring (bicyclic) bond motifs is 6. The Labute approximate surface area is 415 Å². The van der Waals surface area contributed by atoms with E-state index in [9.17, 15) is 0 Å². The minimum absolute atomic E-state index is 0. The first kappa shape index (κ1) is 77.6. The minimum atomic E-state index is 0. The zero-order valence-electron chi connectivity index (χ0n) is 32.1. The Morgan fingerprint density at radius 1 is 0.382 bits per heavy atom. The Morgan fingerprint density at radius 2 is 0.912 bits per heavy atom. The summed E-state index contributed by atoms with van der Waals surface area (Å²) in [6.07, 6.45) is 15.0. The average molecular weight is 905 g/mol. The van der Waals surface area contributed by atoms with Crippen molar-refractivity contribution < 1.29 is 4.42 Å². The molecule has 0 aliphatic rings. The van der Waals surface area contributed by atoms with E-state index in [-0.39, 0.29) is 110 Å². The van der Waals surface area contributed by atoms with Crippen LogP contribution in [0.15, 0.2) is 176 Å². The number of H-pyrrole nitrogens is 5. The quantitative estimate of drug-likeness (QED) is 0.0920. The van der Waals surface area contributed by atoms with Crippen molar-refractivity contribution >= 4 is 117 Å². The lowest BCUT2D eigenvalue weighted by Gasteiger charge is -1.83. The van der Waals surface area contributed by atoms with Gasteiger partial charge in [-0.15, -0.1) is 0 Å². The van der Waals surface area contributed by atoms with Crippen molar-refractivity contribution in [2.24, 2.45) is 0 Å². The van der Waals surface area contributed by atoms with Gasteiger partial charge in [0.1, 0.15) is 17.4 Å². The van der Waals surface area contributed by atoms with Gasteiger partial charge < -0.3 is 24.4 Å². The van der Waals surface area contributed by atoms with E-state index >= 15 is 0 Å². The summed E-state index contributed by atoms with van der Waals surface area (Å²) in [6, 6.07) is 37.7. The van der Waals surface area contributed by atoms with Crippen molar-refractivity contribution in [3.05, 3.63) is 172 Å². The molecule has 0 amide bonds. The van der Waals surface area contributed by atoms with Crippen molar-refractivity contribution in [2.45, 2.75) is 59.4 Å². The molecule has 0 saturated carbocycles. The van der Waals surface area contributed by atoms with Crippen LogP contribution in [0.1, 0.15) is 59.4 Å². The fraction of sp³-hybridized carbons (Fsp3) is 0.167. The number of hydrogen-bond acceptors (Lipinski definition) is 9. The van der Waals surface area contributed by atoms with Crippen LogP contribution in [0.3, 0.4) is 0 Å². The van der Waals surface area contributed by atoms with Crippen LogP contribution in [0.4, 0.5) is 0 Å². The van der Waals surface area contributed by atoms with Gasteiger partial charge in [-0.25, -0.2) is 34.9 Å². The second-order valence-electron chi connectivity index (χ2n) is 11.2. The van der Waals surface area contributed by atoms with Gasteiger partial charge in [-0.3, -0.25) is 5.10 Å². The molecular weight excluding hydrogens is 839 g/mol. The molecule has 5 N–H and O–H groups in total. The third-order valence-corrected chi connectivity index (χ3v) is 7.67. The third-order valence-electron chi connectivity index (χ3n) is 7.67. The summed E-state index contributed by atoms with van der Waals surface area (Å²) in [5, 5.41) is 9.19. The Bertz CT molecular complexity index is 2240. The number of nitrogens with zero attached hydrogens (tertiary/aromatic N) is 8. The van der Waals surface area contributed by atoms with E-state index in [2.05, 4.69) is 83.2 Å². The standard InChI is InChI=1S/C8H7N.2C7H6N2.C7H5NO.C6H5N3.C5H4N4.8CH4.6B/c1-2-4-8-7(3-1)5-6-9-8;1-2-4-7-6(3-1)8-5-9-7;1-2-4-7-6(3-1)5-8-9-7;1-2-4-7-6(3-1)8-5-9-7;1-2-5-6(7-3-1)9-4-8-5;1-4-5(8-2-6-1)9-3-7-4;;;;;;;;;;;;;;/h1-6,9H;2*1-5H,(H,8,9);1-5H;1-4H,(H,7,8,9);1-3H,(H,6,7,8,9);8*1H4;;;;;;. The molecule has 18 radical (unpaired) electrons. The molecule has 4 aromatic carbocycles. The number of aromatic nitrogens is 13. The number of para-hydroxylation sites is 6. The van der Waals surface area contributed by atoms with Gasteiger partial charge in [-0.1, -0.05) is 120 Å². The Morgan fingerprint density at radius 3 is 1.53 bits per heavy atom. The fourth-order valence-electron chi connectivity index (χ4n) is 5.03. The normalized spacial score (nSPS) is 8.12. The predicted molar refractivity (Wildman–Crippen MR) is 298 cm³/mol. The predicted octanol–water partition coefficient (Wildman–Crippen LogP) is 11.2. The van der Waals surface area contributed by atoms with Crippen molar-refractivity contribution in [3.8, 4) is 0 Å². The molecule has 8 aromatic heterocycles. The van der Waals surface area contributed by atoms with E-state index in [0.717, 1.165) is 49.7 Å². The van der Waals surface area contributed by atoms with E-state index in [1.54, 1.807) is 31.4 Å². The molecule has 14 nitrogen and oxygen atoms in total. The molecule has 8 heterocycles. The lowest BCUT2D eigenvalue weighted by atomic mass is 10.3. The number of aromatic amines is 5. The van der Waals surface area contributed by atoms with Crippen LogP contribution >= 0.6 is 0 Å². The average Bonchev–Trinajstić information content (AvgIpc) is 4.09. The van der Waals surface area contributed by atoms with Gasteiger partial charge in [0.2, 0.25) is 0 Å². The van der Waals surface area contributed by atoms with Gasteiger partial charge in [0, 0.05) is 73.8 Å².